The summed E-state index contributed by atoms with van der Waals surface area (Å²) in [6, 6.07) is 0. The zero-order chi connectivity index (χ0) is 12.4. The molecule has 0 radical (unpaired) electrons. The molecule has 17 heavy (non-hydrogen) atoms. The van der Waals surface area contributed by atoms with Crippen LogP contribution in [0.3, 0.4) is 0 Å². The van der Waals surface area contributed by atoms with Crippen molar-refractivity contribution in [2.24, 2.45) is 0 Å². The maximum atomic E-state index is 11.4. The second kappa shape index (κ2) is 4.76. The summed E-state index contributed by atoms with van der Waals surface area (Å²) in [7, 11) is 0. The van der Waals surface area contributed by atoms with E-state index < -0.39 is 0 Å². The number of nitrogens with zero attached hydrogens (tertiary/aromatic N) is 4. The molecule has 2 rings (SSSR count). The van der Waals surface area contributed by atoms with Crippen LogP contribution in [0.4, 0.5) is 5.69 Å². The lowest BCUT2D eigenvalue weighted by molar-refractivity contribution is 0.660. The first kappa shape index (κ1) is 11.9. The average molecular weight is 273 g/mol. The summed E-state index contributed by atoms with van der Waals surface area (Å²) in [5.41, 5.74) is 5.82. The lowest BCUT2D eigenvalue weighted by Gasteiger charge is -2.03. The summed E-state index contributed by atoms with van der Waals surface area (Å²) in [5.74, 6) is 0. The van der Waals surface area contributed by atoms with E-state index in [-0.39, 0.29) is 11.0 Å². The molecule has 0 aliphatic carbocycles. The largest absolute Gasteiger partial charge is 0.395 e. The van der Waals surface area contributed by atoms with Gasteiger partial charge in [0, 0.05) is 6.54 Å². The number of H-pyrrole nitrogens is 1. The Morgan fingerprint density at radius 3 is 3.12 bits per heavy atom. The molecule has 9 heteroatoms. The molecule has 2 heterocycles. The molecule has 0 atom stereocenters. The molecule has 0 amide bonds. The van der Waals surface area contributed by atoms with Gasteiger partial charge in [0.2, 0.25) is 5.28 Å². The predicted molar refractivity (Wildman–Crippen MR) is 64.1 cm³/mol. The van der Waals surface area contributed by atoms with Crippen LogP contribution in [0.25, 0.3) is 0 Å². The van der Waals surface area contributed by atoms with Crippen LogP contribution in [0.2, 0.25) is 5.28 Å². The van der Waals surface area contributed by atoms with Crippen molar-refractivity contribution in [3.63, 3.8) is 0 Å². The van der Waals surface area contributed by atoms with E-state index in [2.05, 4.69) is 20.2 Å². The van der Waals surface area contributed by atoms with Crippen molar-refractivity contribution in [2.45, 2.75) is 23.7 Å². The number of rotatable bonds is 3. The minimum atomic E-state index is -0.270. The number of halogens is 1. The number of hydrogen-bond donors (Lipinski definition) is 2. The van der Waals surface area contributed by atoms with Gasteiger partial charge in [-0.25, -0.2) is 19.9 Å². The molecule has 0 unspecified atom stereocenters. The minimum Gasteiger partial charge on any atom is -0.395 e. The zero-order valence-electron chi connectivity index (χ0n) is 8.85. The molecule has 0 aromatic carbocycles. The smallest absolute Gasteiger partial charge is 0.343 e. The normalized spacial score (nSPS) is 10.7. The van der Waals surface area contributed by atoms with Crippen molar-refractivity contribution < 1.29 is 0 Å². The van der Waals surface area contributed by atoms with E-state index in [1.807, 2.05) is 6.92 Å². The molecule has 3 N–H and O–H groups in total. The van der Waals surface area contributed by atoms with E-state index in [1.54, 1.807) is 0 Å². The number of hydrogen-bond acceptors (Lipinski definition) is 6. The fourth-order valence-electron chi connectivity index (χ4n) is 1.18. The van der Waals surface area contributed by atoms with Gasteiger partial charge in [0.15, 0.2) is 5.16 Å². The quantitative estimate of drug-likeness (QED) is 0.632. The first-order chi connectivity index (χ1) is 8.11. The predicted octanol–water partition coefficient (Wildman–Crippen LogP) is 0.768. The van der Waals surface area contributed by atoms with E-state index in [0.717, 1.165) is 11.8 Å². The molecular weight excluding hydrogens is 264 g/mol. The van der Waals surface area contributed by atoms with Crippen LogP contribution >= 0.6 is 23.4 Å². The van der Waals surface area contributed by atoms with Crippen LogP contribution in [0.5, 0.6) is 0 Å². The van der Waals surface area contributed by atoms with Crippen molar-refractivity contribution in [1.29, 1.82) is 0 Å². The fourth-order valence-corrected chi connectivity index (χ4v) is 2.26. The van der Waals surface area contributed by atoms with Crippen LogP contribution in [-0.4, -0.2) is 24.7 Å². The summed E-state index contributed by atoms with van der Waals surface area (Å²) >= 11 is 6.83. The van der Waals surface area contributed by atoms with Crippen molar-refractivity contribution in [1.82, 2.24) is 24.7 Å². The maximum absolute atomic E-state index is 11.4. The van der Waals surface area contributed by atoms with Crippen LogP contribution in [0.15, 0.2) is 21.2 Å². The number of nitrogens with two attached hydrogens (primary N) is 1. The van der Waals surface area contributed by atoms with Crippen LogP contribution in [0.1, 0.15) is 6.92 Å². The van der Waals surface area contributed by atoms with Crippen molar-refractivity contribution in [3.8, 4) is 0 Å². The molecule has 2 aromatic rings. The van der Waals surface area contributed by atoms with Gasteiger partial charge < -0.3 is 5.73 Å². The summed E-state index contributed by atoms with van der Waals surface area (Å²) in [5, 5.41) is 7.30. The second-order valence-corrected chi connectivity index (χ2v) is 4.35. The Kier molecular flexibility index (Phi) is 3.34. The Morgan fingerprint density at radius 1 is 1.65 bits per heavy atom. The standard InChI is InChI=1S/C8H9ClN6OS/c1-2-15-7(16)13-14-8(15)17-5-4(10)3-11-6(9)12-5/h3H,2,10H2,1H3,(H,13,16). The third-order valence-electron chi connectivity index (χ3n) is 1.98. The van der Waals surface area contributed by atoms with Gasteiger partial charge in [-0.3, -0.25) is 4.57 Å². The third-order valence-corrected chi connectivity index (χ3v) is 3.18. The minimum absolute atomic E-state index is 0.0997. The maximum Gasteiger partial charge on any atom is 0.343 e. The number of aromatic amines is 1. The van der Waals surface area contributed by atoms with Crippen molar-refractivity contribution in [2.75, 3.05) is 5.73 Å². The van der Waals surface area contributed by atoms with Gasteiger partial charge in [-0.05, 0) is 30.3 Å². The van der Waals surface area contributed by atoms with E-state index in [9.17, 15) is 4.79 Å². The molecule has 0 fully saturated rings. The highest BCUT2D eigenvalue weighted by Crippen LogP contribution is 2.28. The molecular formula is C8H9ClN6OS. The molecule has 0 saturated heterocycles. The molecule has 90 valence electrons. The van der Waals surface area contributed by atoms with Crippen molar-refractivity contribution >= 4 is 29.1 Å². The van der Waals surface area contributed by atoms with Gasteiger partial charge >= 0.3 is 5.69 Å². The molecule has 0 aliphatic rings. The molecule has 0 saturated carbocycles. The monoisotopic (exact) mass is 272 g/mol. The summed E-state index contributed by atoms with van der Waals surface area (Å²) in [6.45, 7) is 2.35. The second-order valence-electron chi connectivity index (χ2n) is 3.06. The Bertz CT molecular complexity index is 594. The fraction of sp³-hybridized carbons (Fsp3) is 0.250. The van der Waals surface area contributed by atoms with Gasteiger partial charge in [0.05, 0.1) is 11.9 Å². The number of anilines is 1. The molecule has 0 aliphatic heterocycles. The topological polar surface area (TPSA) is 102 Å². The Hall–Kier alpha value is -1.54. The van der Waals surface area contributed by atoms with Gasteiger partial charge in [0.25, 0.3) is 0 Å². The highest BCUT2D eigenvalue weighted by molar-refractivity contribution is 7.99. The first-order valence-electron chi connectivity index (χ1n) is 4.73. The molecule has 7 nitrogen and oxygen atoms in total. The molecule has 0 spiro atoms. The summed E-state index contributed by atoms with van der Waals surface area (Å²) in [6.07, 6.45) is 1.42. The highest BCUT2D eigenvalue weighted by Gasteiger charge is 2.12. The Labute approximate surface area is 105 Å². The number of nitrogen functional groups attached to an aromatic ring is 1. The van der Waals surface area contributed by atoms with Crippen molar-refractivity contribution in [3.05, 3.63) is 22.0 Å². The summed E-state index contributed by atoms with van der Waals surface area (Å²) in [4.78, 5) is 19.1. The number of aromatic nitrogens is 5. The molecule has 2 aromatic heterocycles. The van der Waals surface area contributed by atoms with Gasteiger partial charge in [-0.2, -0.15) is 0 Å². The SMILES string of the molecule is CCn1c(Sc2nc(Cl)ncc2N)n[nH]c1=O. The first-order valence-corrected chi connectivity index (χ1v) is 5.92. The van der Waals surface area contributed by atoms with Gasteiger partial charge in [0.1, 0.15) is 5.03 Å². The van der Waals surface area contributed by atoms with Gasteiger partial charge in [-0.15, -0.1) is 5.10 Å². The highest BCUT2D eigenvalue weighted by atomic mass is 35.5. The van der Waals surface area contributed by atoms with E-state index in [4.69, 9.17) is 17.3 Å². The van der Waals surface area contributed by atoms with E-state index in [1.165, 1.54) is 10.8 Å². The zero-order valence-corrected chi connectivity index (χ0v) is 10.4. The van der Waals surface area contributed by atoms with E-state index >= 15 is 0 Å². The average Bonchev–Trinajstić information content (AvgIpc) is 2.64. The Morgan fingerprint density at radius 2 is 2.41 bits per heavy atom. The third kappa shape index (κ3) is 2.42. The van der Waals surface area contributed by atoms with Gasteiger partial charge in [-0.1, -0.05) is 0 Å². The summed E-state index contributed by atoms with van der Waals surface area (Å²) < 4.78 is 1.47. The van der Waals surface area contributed by atoms with Crippen LogP contribution in [0, 0.1) is 0 Å². The lowest BCUT2D eigenvalue weighted by atomic mass is 10.6. The van der Waals surface area contributed by atoms with Crippen LogP contribution in [-0.2, 0) is 6.54 Å². The lowest BCUT2D eigenvalue weighted by Crippen LogP contribution is -2.16. The number of nitrogens with one attached hydrogen (secondary N) is 1. The van der Waals surface area contributed by atoms with E-state index in [0.29, 0.717) is 22.4 Å². The Balaban J connectivity index is 2.37. The van der Waals surface area contributed by atoms with Crippen LogP contribution < -0.4 is 11.4 Å². The molecule has 0 bridgehead atoms.